The molecule has 1 N–H and O–H groups in total. The summed E-state index contributed by atoms with van der Waals surface area (Å²) in [7, 11) is 1.59. The SMILES string of the molecule is COc1ccc(CN[C@H]2CC[C@@H](n3c(=O)c4cc(F)cnc4n(-c4cccc(-c5ccc(CN6CCCOCC6)cc5)c4)c3=O)CC2)cc1Cl. The largest absolute Gasteiger partial charge is 0.495 e. The summed E-state index contributed by atoms with van der Waals surface area (Å²) < 4.78 is 28.1. The van der Waals surface area contributed by atoms with Gasteiger partial charge >= 0.3 is 5.69 Å². The van der Waals surface area contributed by atoms with Crippen molar-refractivity contribution in [3.63, 3.8) is 0 Å². The molecule has 0 spiro atoms. The van der Waals surface area contributed by atoms with Crippen molar-refractivity contribution in [1.29, 1.82) is 0 Å². The van der Waals surface area contributed by atoms with Crippen molar-refractivity contribution < 1.29 is 13.9 Å². The molecule has 11 heteroatoms. The topological polar surface area (TPSA) is 90.6 Å². The Kier molecular flexibility index (Phi) is 10.4. The van der Waals surface area contributed by atoms with E-state index in [1.165, 1.54) is 20.8 Å². The molecule has 0 atom stereocenters. The zero-order chi connectivity index (χ0) is 34.6. The van der Waals surface area contributed by atoms with Crippen LogP contribution in [0.1, 0.15) is 49.3 Å². The first-order valence-corrected chi connectivity index (χ1v) is 17.6. The second-order valence-corrected chi connectivity index (χ2v) is 13.6. The summed E-state index contributed by atoms with van der Waals surface area (Å²) >= 11 is 6.31. The van der Waals surface area contributed by atoms with Crippen LogP contribution in [0.2, 0.25) is 5.02 Å². The number of aromatic nitrogens is 3. The lowest BCUT2D eigenvalue weighted by Crippen LogP contribution is -2.44. The van der Waals surface area contributed by atoms with Crippen LogP contribution in [-0.4, -0.2) is 58.5 Å². The summed E-state index contributed by atoms with van der Waals surface area (Å²) in [6, 6.07) is 22.9. The highest BCUT2D eigenvalue weighted by atomic mass is 35.5. The van der Waals surface area contributed by atoms with Gasteiger partial charge in [-0.1, -0.05) is 54.1 Å². The van der Waals surface area contributed by atoms with Gasteiger partial charge in [-0.15, -0.1) is 0 Å². The lowest BCUT2D eigenvalue weighted by atomic mass is 9.90. The summed E-state index contributed by atoms with van der Waals surface area (Å²) in [6.07, 6.45) is 4.89. The Morgan fingerprint density at radius 3 is 2.52 bits per heavy atom. The summed E-state index contributed by atoms with van der Waals surface area (Å²) in [6.45, 7) is 5.02. The van der Waals surface area contributed by atoms with Gasteiger partial charge in [0.15, 0.2) is 5.65 Å². The number of hydrogen-bond donors (Lipinski definition) is 1. The number of methoxy groups -OCH3 is 1. The Balaban J connectivity index is 1.13. The van der Waals surface area contributed by atoms with Crippen LogP contribution in [-0.2, 0) is 17.8 Å². The Morgan fingerprint density at radius 2 is 1.74 bits per heavy atom. The minimum absolute atomic E-state index is 0.0786. The number of nitrogens with zero attached hydrogens (tertiary/aromatic N) is 4. The molecule has 0 unspecified atom stereocenters. The molecule has 260 valence electrons. The predicted molar refractivity (Wildman–Crippen MR) is 194 cm³/mol. The van der Waals surface area contributed by atoms with Gasteiger partial charge in [-0.05, 0) is 84.7 Å². The number of nitrogens with one attached hydrogen (secondary N) is 1. The van der Waals surface area contributed by atoms with Crippen LogP contribution in [0.15, 0.2) is 88.6 Å². The smallest absolute Gasteiger partial charge is 0.337 e. The standard InChI is InChI=1S/C39H41ClFN5O4/c1-49-36-15-8-27(20-35(36)40)23-42-31-11-13-32(14-12-31)46-38(47)34-22-30(41)24-43-37(34)45(39(46)48)33-5-2-4-29(21-33)28-9-6-26(7-10-28)25-44-16-3-18-50-19-17-44/h2,4-10,15,20-22,24,31-32,42H,3,11-14,16-19,23,25H2,1H3/t31-,32+. The van der Waals surface area contributed by atoms with Crippen molar-refractivity contribution in [3.8, 4) is 22.6 Å². The quantitative estimate of drug-likeness (QED) is 0.188. The van der Waals surface area contributed by atoms with Crippen LogP contribution >= 0.6 is 11.6 Å². The molecular formula is C39H41ClFN5O4. The van der Waals surface area contributed by atoms with Crippen molar-refractivity contribution in [1.82, 2.24) is 24.3 Å². The monoisotopic (exact) mass is 697 g/mol. The minimum Gasteiger partial charge on any atom is -0.495 e. The first-order valence-electron chi connectivity index (χ1n) is 17.3. The van der Waals surface area contributed by atoms with Crippen LogP contribution in [0.4, 0.5) is 4.39 Å². The first kappa shape index (κ1) is 34.1. The fourth-order valence-electron chi connectivity index (χ4n) is 7.20. The average molecular weight is 698 g/mol. The molecule has 2 fully saturated rings. The Bertz CT molecular complexity index is 2080. The van der Waals surface area contributed by atoms with E-state index in [-0.39, 0.29) is 23.1 Å². The molecule has 1 saturated carbocycles. The number of ether oxygens (including phenoxy) is 2. The zero-order valence-electron chi connectivity index (χ0n) is 28.1. The Labute approximate surface area is 295 Å². The maximum atomic E-state index is 14.5. The van der Waals surface area contributed by atoms with Crippen LogP contribution in [0.3, 0.4) is 0 Å². The van der Waals surface area contributed by atoms with E-state index in [2.05, 4.69) is 39.5 Å². The molecule has 3 aromatic carbocycles. The number of pyridine rings is 1. The molecular weight excluding hydrogens is 657 g/mol. The molecule has 3 heterocycles. The summed E-state index contributed by atoms with van der Waals surface area (Å²) in [5, 5.41) is 4.23. The summed E-state index contributed by atoms with van der Waals surface area (Å²) in [4.78, 5) is 34.8. The molecule has 1 saturated heterocycles. The second kappa shape index (κ2) is 15.3. The second-order valence-electron chi connectivity index (χ2n) is 13.2. The van der Waals surface area contributed by atoms with Gasteiger partial charge in [-0.25, -0.2) is 18.7 Å². The fourth-order valence-corrected chi connectivity index (χ4v) is 7.48. The third-order valence-electron chi connectivity index (χ3n) is 9.88. The highest BCUT2D eigenvalue weighted by Gasteiger charge is 2.27. The van der Waals surface area contributed by atoms with Crippen molar-refractivity contribution in [2.24, 2.45) is 0 Å². The molecule has 0 amide bonds. The Hall–Kier alpha value is -4.35. The Morgan fingerprint density at radius 1 is 0.940 bits per heavy atom. The molecule has 9 nitrogen and oxygen atoms in total. The van der Waals surface area contributed by atoms with Gasteiger partial charge in [0.25, 0.3) is 5.56 Å². The predicted octanol–water partition coefficient (Wildman–Crippen LogP) is 6.51. The van der Waals surface area contributed by atoms with E-state index in [4.69, 9.17) is 21.1 Å². The molecule has 7 rings (SSSR count). The minimum atomic E-state index is -0.626. The van der Waals surface area contributed by atoms with E-state index >= 15 is 0 Å². The van der Waals surface area contributed by atoms with E-state index < -0.39 is 17.1 Å². The highest BCUT2D eigenvalue weighted by molar-refractivity contribution is 6.32. The van der Waals surface area contributed by atoms with Gasteiger partial charge in [-0.2, -0.15) is 0 Å². The average Bonchev–Trinajstić information content (AvgIpc) is 3.41. The van der Waals surface area contributed by atoms with E-state index in [9.17, 15) is 14.0 Å². The maximum Gasteiger partial charge on any atom is 0.337 e. The molecule has 0 radical (unpaired) electrons. The van der Waals surface area contributed by atoms with Crippen LogP contribution in [0, 0.1) is 5.82 Å². The fraction of sp³-hybridized carbons (Fsp3) is 0.359. The van der Waals surface area contributed by atoms with E-state index in [1.807, 2.05) is 42.5 Å². The maximum absolute atomic E-state index is 14.5. The van der Waals surface area contributed by atoms with Crippen LogP contribution in [0.5, 0.6) is 5.75 Å². The van der Waals surface area contributed by atoms with Crippen molar-refractivity contribution >= 4 is 22.6 Å². The zero-order valence-corrected chi connectivity index (χ0v) is 28.9. The van der Waals surface area contributed by atoms with E-state index in [0.29, 0.717) is 35.8 Å². The molecule has 2 aromatic heterocycles. The van der Waals surface area contributed by atoms with E-state index in [1.54, 1.807) is 7.11 Å². The van der Waals surface area contributed by atoms with Crippen molar-refractivity contribution in [2.45, 2.75) is 57.3 Å². The number of rotatable bonds is 9. The van der Waals surface area contributed by atoms with Gasteiger partial charge in [0.05, 0.1) is 36.0 Å². The van der Waals surface area contributed by atoms with Crippen LogP contribution < -0.4 is 21.3 Å². The highest BCUT2D eigenvalue weighted by Crippen LogP contribution is 2.30. The summed E-state index contributed by atoms with van der Waals surface area (Å²) in [5.74, 6) is 0.00714. The third-order valence-corrected chi connectivity index (χ3v) is 10.2. The van der Waals surface area contributed by atoms with E-state index in [0.717, 1.165) is 75.0 Å². The van der Waals surface area contributed by atoms with Gasteiger partial charge in [0, 0.05) is 44.9 Å². The van der Waals surface area contributed by atoms with Gasteiger partial charge < -0.3 is 14.8 Å². The van der Waals surface area contributed by atoms with Crippen molar-refractivity contribution in [3.05, 3.63) is 122 Å². The number of halogens is 2. The lowest BCUT2D eigenvalue weighted by Gasteiger charge is -2.30. The van der Waals surface area contributed by atoms with Gasteiger partial charge in [-0.3, -0.25) is 14.3 Å². The summed E-state index contributed by atoms with van der Waals surface area (Å²) in [5.41, 5.74) is 3.90. The van der Waals surface area contributed by atoms with Crippen molar-refractivity contribution in [2.75, 3.05) is 33.4 Å². The van der Waals surface area contributed by atoms with Gasteiger partial charge in [0.1, 0.15) is 11.6 Å². The molecule has 1 aliphatic carbocycles. The third kappa shape index (κ3) is 7.39. The number of benzene rings is 3. The molecule has 5 aromatic rings. The van der Waals surface area contributed by atoms with Gasteiger partial charge in [0.2, 0.25) is 0 Å². The molecule has 2 aliphatic rings. The number of fused-ring (bicyclic) bond motifs is 1. The molecule has 1 aliphatic heterocycles. The normalized spacial score (nSPS) is 18.6. The number of hydrogen-bond acceptors (Lipinski definition) is 7. The molecule has 50 heavy (non-hydrogen) atoms. The van der Waals surface area contributed by atoms with Crippen LogP contribution in [0.25, 0.3) is 27.8 Å². The lowest BCUT2D eigenvalue weighted by molar-refractivity contribution is 0.140. The first-order chi connectivity index (χ1) is 24.4. The molecule has 0 bridgehead atoms.